The minimum absolute atomic E-state index is 0.149. The Morgan fingerprint density at radius 2 is 2.10 bits per heavy atom. The normalized spacial score (nSPS) is 21.0. The Kier molecular flexibility index (Phi) is 4.48. The maximum absolute atomic E-state index is 10.5. The highest BCUT2D eigenvalue weighted by Crippen LogP contribution is 2.45. The van der Waals surface area contributed by atoms with Gasteiger partial charge in [0.2, 0.25) is 0 Å². The van der Waals surface area contributed by atoms with E-state index in [4.69, 9.17) is 0 Å². The SMILES string of the molecule is N#Cc1ccc(Br)c([C@@H](CC2CC2)N2CCNCC2)c1O. The Morgan fingerprint density at radius 3 is 2.71 bits per heavy atom. The van der Waals surface area contributed by atoms with Crippen molar-refractivity contribution in [3.63, 3.8) is 0 Å². The van der Waals surface area contributed by atoms with Gasteiger partial charge in [-0.15, -0.1) is 0 Å². The number of phenolic OH excluding ortho intramolecular Hbond substituents is 1. The first-order chi connectivity index (χ1) is 10.2. The molecule has 0 radical (unpaired) electrons. The van der Waals surface area contributed by atoms with Crippen LogP contribution in [0.3, 0.4) is 0 Å². The van der Waals surface area contributed by atoms with Crippen LogP contribution in [0.4, 0.5) is 0 Å². The Bertz CT molecular complexity index is 559. The summed E-state index contributed by atoms with van der Waals surface area (Å²) in [5, 5.41) is 23.1. The molecule has 1 atom stereocenters. The van der Waals surface area contributed by atoms with Crippen LogP contribution < -0.4 is 5.32 Å². The molecule has 1 aliphatic carbocycles. The number of nitriles is 1. The van der Waals surface area contributed by atoms with Crippen molar-refractivity contribution in [2.24, 2.45) is 5.92 Å². The molecule has 21 heavy (non-hydrogen) atoms. The van der Waals surface area contributed by atoms with Crippen molar-refractivity contribution >= 4 is 15.9 Å². The fourth-order valence-corrected chi connectivity index (χ4v) is 3.69. The lowest BCUT2D eigenvalue weighted by Crippen LogP contribution is -2.45. The molecule has 3 rings (SSSR count). The van der Waals surface area contributed by atoms with E-state index in [1.54, 1.807) is 6.07 Å². The lowest BCUT2D eigenvalue weighted by molar-refractivity contribution is 0.157. The van der Waals surface area contributed by atoms with E-state index in [9.17, 15) is 10.4 Å². The zero-order valence-corrected chi connectivity index (χ0v) is 13.6. The summed E-state index contributed by atoms with van der Waals surface area (Å²) < 4.78 is 0.906. The number of nitrogens with one attached hydrogen (secondary N) is 1. The van der Waals surface area contributed by atoms with Crippen LogP contribution in [-0.4, -0.2) is 36.2 Å². The van der Waals surface area contributed by atoms with Crippen LogP contribution in [0.15, 0.2) is 16.6 Å². The number of piperazine rings is 1. The van der Waals surface area contributed by atoms with E-state index in [2.05, 4.69) is 32.2 Å². The van der Waals surface area contributed by atoms with Gasteiger partial charge in [-0.3, -0.25) is 4.90 Å². The average Bonchev–Trinajstić information content (AvgIpc) is 3.31. The lowest BCUT2D eigenvalue weighted by Gasteiger charge is -2.36. The second kappa shape index (κ2) is 6.35. The van der Waals surface area contributed by atoms with E-state index in [-0.39, 0.29) is 11.8 Å². The predicted molar refractivity (Wildman–Crippen MR) is 85.0 cm³/mol. The van der Waals surface area contributed by atoms with Crippen LogP contribution in [0.2, 0.25) is 0 Å². The van der Waals surface area contributed by atoms with Crippen molar-refractivity contribution in [3.05, 3.63) is 27.7 Å². The van der Waals surface area contributed by atoms with Gasteiger partial charge in [0.25, 0.3) is 0 Å². The molecule has 1 saturated heterocycles. The molecule has 2 aliphatic rings. The van der Waals surface area contributed by atoms with Crippen LogP contribution in [0.5, 0.6) is 5.75 Å². The molecular formula is C16H20BrN3O. The number of hydrogen-bond acceptors (Lipinski definition) is 4. The minimum Gasteiger partial charge on any atom is -0.506 e. The van der Waals surface area contributed by atoms with E-state index in [0.29, 0.717) is 5.56 Å². The largest absolute Gasteiger partial charge is 0.506 e. The molecule has 4 nitrogen and oxygen atoms in total. The third-order valence-corrected chi connectivity index (χ3v) is 5.15. The summed E-state index contributed by atoms with van der Waals surface area (Å²) in [6, 6.07) is 5.84. The van der Waals surface area contributed by atoms with Crippen LogP contribution in [-0.2, 0) is 0 Å². The first-order valence-electron chi connectivity index (χ1n) is 7.57. The predicted octanol–water partition coefficient (Wildman–Crippen LogP) is 2.77. The van der Waals surface area contributed by atoms with Gasteiger partial charge in [-0.05, 0) is 24.5 Å². The summed E-state index contributed by atoms with van der Waals surface area (Å²) in [7, 11) is 0. The zero-order valence-electron chi connectivity index (χ0n) is 12.0. The van der Waals surface area contributed by atoms with Gasteiger partial charge in [0.15, 0.2) is 0 Å². The molecule has 0 aromatic heterocycles. The molecule has 0 unspecified atom stereocenters. The Hall–Kier alpha value is -1.09. The Morgan fingerprint density at radius 1 is 1.38 bits per heavy atom. The maximum Gasteiger partial charge on any atom is 0.139 e. The molecule has 1 saturated carbocycles. The standard InChI is InChI=1S/C16H20BrN3O/c17-13-4-3-12(10-18)16(21)15(13)14(9-11-1-2-11)20-7-5-19-6-8-20/h3-4,11,14,19,21H,1-2,5-9H2/t14-/m1/s1. The van der Waals surface area contributed by atoms with Crippen molar-refractivity contribution in [2.75, 3.05) is 26.2 Å². The molecule has 1 heterocycles. The van der Waals surface area contributed by atoms with Crippen molar-refractivity contribution in [1.82, 2.24) is 10.2 Å². The Balaban J connectivity index is 1.96. The number of hydrogen-bond donors (Lipinski definition) is 2. The third kappa shape index (κ3) is 3.23. The topological polar surface area (TPSA) is 59.3 Å². The maximum atomic E-state index is 10.5. The van der Waals surface area contributed by atoms with Gasteiger partial charge in [-0.1, -0.05) is 28.8 Å². The van der Waals surface area contributed by atoms with Gasteiger partial charge in [0.1, 0.15) is 11.8 Å². The average molecular weight is 350 g/mol. The number of rotatable bonds is 4. The molecule has 5 heteroatoms. The van der Waals surface area contributed by atoms with Gasteiger partial charge >= 0.3 is 0 Å². The van der Waals surface area contributed by atoms with Gasteiger partial charge in [-0.2, -0.15) is 5.26 Å². The monoisotopic (exact) mass is 349 g/mol. The molecule has 1 aromatic carbocycles. The Labute approximate surface area is 133 Å². The fraction of sp³-hybridized carbons (Fsp3) is 0.562. The van der Waals surface area contributed by atoms with Gasteiger partial charge in [0.05, 0.1) is 5.56 Å². The van der Waals surface area contributed by atoms with Gasteiger partial charge in [0, 0.05) is 42.3 Å². The molecule has 2 N–H and O–H groups in total. The highest BCUT2D eigenvalue weighted by molar-refractivity contribution is 9.10. The van der Waals surface area contributed by atoms with Crippen molar-refractivity contribution < 1.29 is 5.11 Å². The molecule has 0 bridgehead atoms. The number of phenols is 1. The number of aromatic hydroxyl groups is 1. The molecule has 0 spiro atoms. The summed E-state index contributed by atoms with van der Waals surface area (Å²) in [6.07, 6.45) is 3.65. The minimum atomic E-state index is 0.149. The van der Waals surface area contributed by atoms with Crippen molar-refractivity contribution in [3.8, 4) is 11.8 Å². The number of halogens is 1. The van der Waals surface area contributed by atoms with Crippen LogP contribution >= 0.6 is 15.9 Å². The van der Waals surface area contributed by atoms with Crippen LogP contribution in [0.1, 0.15) is 36.4 Å². The zero-order chi connectivity index (χ0) is 14.8. The summed E-state index contributed by atoms with van der Waals surface area (Å²) in [5.74, 6) is 0.915. The third-order valence-electron chi connectivity index (χ3n) is 4.46. The van der Waals surface area contributed by atoms with E-state index >= 15 is 0 Å². The highest BCUT2D eigenvalue weighted by Gasteiger charge is 2.33. The number of nitrogens with zero attached hydrogens (tertiary/aromatic N) is 2. The van der Waals surface area contributed by atoms with Crippen molar-refractivity contribution in [1.29, 1.82) is 5.26 Å². The summed E-state index contributed by atoms with van der Waals surface area (Å²) >= 11 is 3.58. The molecule has 2 fully saturated rings. The van der Waals surface area contributed by atoms with Crippen LogP contribution in [0.25, 0.3) is 0 Å². The van der Waals surface area contributed by atoms with E-state index in [1.165, 1.54) is 12.8 Å². The quantitative estimate of drug-likeness (QED) is 0.877. The molecule has 1 aromatic rings. The second-order valence-corrected chi connectivity index (χ2v) is 6.80. The highest BCUT2D eigenvalue weighted by atomic mass is 79.9. The fourth-order valence-electron chi connectivity index (χ4n) is 3.10. The van der Waals surface area contributed by atoms with Crippen LogP contribution in [0, 0.1) is 17.2 Å². The first-order valence-corrected chi connectivity index (χ1v) is 8.36. The lowest BCUT2D eigenvalue weighted by atomic mass is 9.96. The first kappa shape index (κ1) is 14.8. The molecule has 0 amide bonds. The summed E-state index contributed by atoms with van der Waals surface area (Å²) in [6.45, 7) is 3.94. The van der Waals surface area contributed by atoms with E-state index < -0.39 is 0 Å². The molecule has 112 valence electrons. The van der Waals surface area contributed by atoms with E-state index in [1.807, 2.05) is 6.07 Å². The second-order valence-electron chi connectivity index (χ2n) is 5.95. The van der Waals surface area contributed by atoms with Gasteiger partial charge in [-0.25, -0.2) is 0 Å². The van der Waals surface area contributed by atoms with Gasteiger partial charge < -0.3 is 10.4 Å². The summed E-state index contributed by atoms with van der Waals surface area (Å²) in [5.41, 5.74) is 1.26. The molecular weight excluding hydrogens is 330 g/mol. The number of benzene rings is 1. The van der Waals surface area contributed by atoms with Crippen molar-refractivity contribution in [2.45, 2.75) is 25.3 Å². The smallest absolute Gasteiger partial charge is 0.139 e. The van der Waals surface area contributed by atoms with E-state index in [0.717, 1.165) is 48.6 Å². The summed E-state index contributed by atoms with van der Waals surface area (Å²) in [4.78, 5) is 2.44. The molecule has 1 aliphatic heterocycles.